The first-order valence-corrected chi connectivity index (χ1v) is 4.09. The monoisotopic (exact) mass is 162 g/mol. The highest BCUT2D eigenvalue weighted by Gasteiger charge is 1.98. The number of hydrogen-bond acceptors (Lipinski definition) is 1. The van der Waals surface area contributed by atoms with E-state index in [9.17, 15) is 4.79 Å². The molecule has 1 rings (SSSR count). The van der Waals surface area contributed by atoms with Gasteiger partial charge in [-0.15, -0.1) is 0 Å². The Kier molecular flexibility index (Phi) is 3.33. The average molecular weight is 162 g/mol. The van der Waals surface area contributed by atoms with E-state index in [4.69, 9.17) is 0 Å². The fourth-order valence-electron chi connectivity index (χ4n) is 0.922. The predicted molar refractivity (Wildman–Crippen MR) is 48.8 cm³/mol. The third-order valence-electron chi connectivity index (χ3n) is 1.47. The number of anilines is 1. The van der Waals surface area contributed by atoms with Crippen molar-refractivity contribution >= 4 is 11.6 Å². The Morgan fingerprint density at radius 2 is 2.50 bits per heavy atom. The molecule has 1 aromatic rings. The van der Waals surface area contributed by atoms with E-state index >= 15 is 0 Å². The van der Waals surface area contributed by atoms with Gasteiger partial charge >= 0.3 is 0 Å². The van der Waals surface area contributed by atoms with Crippen LogP contribution in [0.15, 0.2) is 24.3 Å². The standard InChI is InChI=1S/C10H12NO/c1-2-6-10(12)11-9-7-4-3-5-8-9/h3-4,7-8H,2,6H2,1H3,(H,11,12). The fraction of sp³-hybridized carbons (Fsp3) is 0.300. The van der Waals surface area contributed by atoms with Gasteiger partial charge in [-0.1, -0.05) is 19.1 Å². The minimum Gasteiger partial charge on any atom is -0.326 e. The summed E-state index contributed by atoms with van der Waals surface area (Å²) in [6.07, 6.45) is 1.46. The van der Waals surface area contributed by atoms with Crippen LogP contribution in [0.2, 0.25) is 0 Å². The molecule has 0 saturated heterocycles. The highest BCUT2D eigenvalue weighted by molar-refractivity contribution is 5.90. The summed E-state index contributed by atoms with van der Waals surface area (Å²) in [7, 11) is 0. The molecule has 1 N–H and O–H groups in total. The smallest absolute Gasteiger partial charge is 0.224 e. The number of nitrogens with one attached hydrogen (secondary N) is 1. The number of amides is 1. The summed E-state index contributed by atoms with van der Waals surface area (Å²) in [5.74, 6) is 0.0668. The summed E-state index contributed by atoms with van der Waals surface area (Å²) in [5, 5.41) is 2.77. The van der Waals surface area contributed by atoms with Crippen molar-refractivity contribution in [1.29, 1.82) is 0 Å². The first kappa shape index (κ1) is 8.78. The molecule has 0 spiro atoms. The van der Waals surface area contributed by atoms with Crippen molar-refractivity contribution in [3.05, 3.63) is 30.3 Å². The van der Waals surface area contributed by atoms with Crippen molar-refractivity contribution in [1.82, 2.24) is 0 Å². The Labute approximate surface area is 72.6 Å². The van der Waals surface area contributed by atoms with Gasteiger partial charge in [0, 0.05) is 12.1 Å². The SMILES string of the molecule is CCCC(=O)Nc1c[c]ccc1. The van der Waals surface area contributed by atoms with Gasteiger partial charge in [0.1, 0.15) is 0 Å². The highest BCUT2D eigenvalue weighted by Crippen LogP contribution is 2.05. The zero-order valence-corrected chi connectivity index (χ0v) is 7.13. The second kappa shape index (κ2) is 4.54. The largest absolute Gasteiger partial charge is 0.326 e. The van der Waals surface area contributed by atoms with E-state index in [0.29, 0.717) is 6.42 Å². The van der Waals surface area contributed by atoms with Crippen molar-refractivity contribution in [2.45, 2.75) is 19.8 Å². The third-order valence-corrected chi connectivity index (χ3v) is 1.47. The van der Waals surface area contributed by atoms with Crippen LogP contribution in [0, 0.1) is 6.07 Å². The Bertz CT molecular complexity index is 243. The highest BCUT2D eigenvalue weighted by atomic mass is 16.1. The maximum Gasteiger partial charge on any atom is 0.224 e. The molecule has 0 saturated carbocycles. The number of rotatable bonds is 3. The quantitative estimate of drug-likeness (QED) is 0.725. The molecule has 1 aromatic carbocycles. The summed E-state index contributed by atoms with van der Waals surface area (Å²) >= 11 is 0. The zero-order valence-electron chi connectivity index (χ0n) is 7.13. The van der Waals surface area contributed by atoms with Crippen LogP contribution < -0.4 is 5.32 Å². The lowest BCUT2D eigenvalue weighted by atomic mass is 10.3. The summed E-state index contributed by atoms with van der Waals surface area (Å²) in [6.45, 7) is 1.98. The first-order valence-electron chi connectivity index (χ1n) is 4.09. The van der Waals surface area contributed by atoms with Crippen LogP contribution in [0.1, 0.15) is 19.8 Å². The summed E-state index contributed by atoms with van der Waals surface area (Å²) in [5.41, 5.74) is 0.816. The summed E-state index contributed by atoms with van der Waals surface area (Å²) in [4.78, 5) is 11.1. The molecule has 0 bridgehead atoms. The maximum absolute atomic E-state index is 11.1. The van der Waals surface area contributed by atoms with Crippen LogP contribution in [-0.2, 0) is 4.79 Å². The Morgan fingerprint density at radius 1 is 1.67 bits per heavy atom. The molecule has 12 heavy (non-hydrogen) atoms. The molecule has 1 radical (unpaired) electrons. The molecule has 0 heterocycles. The van der Waals surface area contributed by atoms with Crippen molar-refractivity contribution in [2.75, 3.05) is 5.32 Å². The molecule has 1 amide bonds. The van der Waals surface area contributed by atoms with E-state index in [2.05, 4.69) is 11.4 Å². The topological polar surface area (TPSA) is 29.1 Å². The molecule has 63 valence electrons. The molecule has 0 aliphatic carbocycles. The molecular formula is C10H12NO. The van der Waals surface area contributed by atoms with E-state index in [-0.39, 0.29) is 5.91 Å². The lowest BCUT2D eigenvalue weighted by Gasteiger charge is -2.02. The lowest BCUT2D eigenvalue weighted by molar-refractivity contribution is -0.116. The molecule has 2 heteroatoms. The zero-order chi connectivity index (χ0) is 8.81. The van der Waals surface area contributed by atoms with Gasteiger partial charge in [0.05, 0.1) is 0 Å². The van der Waals surface area contributed by atoms with Gasteiger partial charge in [0.2, 0.25) is 5.91 Å². The van der Waals surface area contributed by atoms with Crippen LogP contribution in [0.3, 0.4) is 0 Å². The van der Waals surface area contributed by atoms with Gasteiger partial charge in [0.15, 0.2) is 0 Å². The normalized spacial score (nSPS) is 9.42. The number of carbonyl (C=O) groups is 1. The van der Waals surface area contributed by atoms with E-state index in [1.54, 1.807) is 12.1 Å². The lowest BCUT2D eigenvalue weighted by Crippen LogP contribution is -2.10. The van der Waals surface area contributed by atoms with E-state index in [1.165, 1.54) is 0 Å². The van der Waals surface area contributed by atoms with Crippen LogP contribution in [0.25, 0.3) is 0 Å². The molecular weight excluding hydrogens is 150 g/mol. The van der Waals surface area contributed by atoms with Crippen molar-refractivity contribution in [3.8, 4) is 0 Å². The molecule has 0 aliphatic rings. The molecule has 0 aromatic heterocycles. The van der Waals surface area contributed by atoms with Crippen LogP contribution in [-0.4, -0.2) is 5.91 Å². The van der Waals surface area contributed by atoms with E-state index < -0.39 is 0 Å². The van der Waals surface area contributed by atoms with Crippen LogP contribution in [0.5, 0.6) is 0 Å². The van der Waals surface area contributed by atoms with Crippen molar-refractivity contribution < 1.29 is 4.79 Å². The van der Waals surface area contributed by atoms with Gasteiger partial charge in [0.25, 0.3) is 0 Å². The average Bonchev–Trinajstić information content (AvgIpc) is 2.06. The van der Waals surface area contributed by atoms with Gasteiger partial charge < -0.3 is 5.32 Å². The van der Waals surface area contributed by atoms with Crippen molar-refractivity contribution in [2.24, 2.45) is 0 Å². The van der Waals surface area contributed by atoms with Gasteiger partial charge in [-0.25, -0.2) is 0 Å². The summed E-state index contributed by atoms with van der Waals surface area (Å²) < 4.78 is 0. The second-order valence-corrected chi connectivity index (χ2v) is 2.59. The molecule has 0 fully saturated rings. The Morgan fingerprint density at radius 3 is 3.08 bits per heavy atom. The van der Waals surface area contributed by atoms with E-state index in [0.717, 1.165) is 12.1 Å². The van der Waals surface area contributed by atoms with Gasteiger partial charge in [-0.05, 0) is 24.6 Å². The number of benzene rings is 1. The predicted octanol–water partition coefficient (Wildman–Crippen LogP) is 2.23. The Hall–Kier alpha value is -1.31. The Balaban J connectivity index is 2.47. The van der Waals surface area contributed by atoms with Gasteiger partial charge in [-0.3, -0.25) is 4.79 Å². The molecule has 0 aliphatic heterocycles. The molecule has 0 atom stereocenters. The number of hydrogen-bond donors (Lipinski definition) is 1. The van der Waals surface area contributed by atoms with Crippen LogP contribution >= 0.6 is 0 Å². The third kappa shape index (κ3) is 2.74. The van der Waals surface area contributed by atoms with Crippen molar-refractivity contribution in [3.63, 3.8) is 0 Å². The van der Waals surface area contributed by atoms with E-state index in [1.807, 2.05) is 19.1 Å². The molecule has 0 unspecified atom stereocenters. The minimum absolute atomic E-state index is 0.0668. The minimum atomic E-state index is 0.0668. The fourth-order valence-corrected chi connectivity index (χ4v) is 0.922. The number of carbonyl (C=O) groups excluding carboxylic acids is 1. The van der Waals surface area contributed by atoms with Gasteiger partial charge in [-0.2, -0.15) is 0 Å². The second-order valence-electron chi connectivity index (χ2n) is 2.59. The van der Waals surface area contributed by atoms with Crippen LogP contribution in [0.4, 0.5) is 5.69 Å². The first-order chi connectivity index (χ1) is 5.83. The summed E-state index contributed by atoms with van der Waals surface area (Å²) in [6, 6.07) is 10.2. The molecule has 2 nitrogen and oxygen atoms in total. The maximum atomic E-state index is 11.1.